The average Bonchev–Trinajstić information content (AvgIpc) is 3.60. The largest absolute Gasteiger partial charge is 0.382 e. The number of imidazole rings is 1. The molecule has 2 fully saturated rings. The van der Waals surface area contributed by atoms with Crippen LogP contribution in [0.5, 0.6) is 0 Å². The molecule has 0 spiro atoms. The molecule has 2 aromatic heterocycles. The van der Waals surface area contributed by atoms with E-state index < -0.39 is 12.0 Å². The molecule has 38 heavy (non-hydrogen) atoms. The Labute approximate surface area is 219 Å². The fourth-order valence-electron chi connectivity index (χ4n) is 5.58. The molecular weight excluding hydrogens is 490 g/mol. The third kappa shape index (κ3) is 4.23. The van der Waals surface area contributed by atoms with Gasteiger partial charge in [-0.15, -0.1) is 0 Å². The lowest BCUT2D eigenvalue weighted by molar-refractivity contribution is -0.197. The number of nitrogens with two attached hydrogens (primary N) is 1. The van der Waals surface area contributed by atoms with Crippen molar-refractivity contribution in [3.8, 4) is 0 Å². The van der Waals surface area contributed by atoms with Crippen molar-refractivity contribution >= 4 is 28.8 Å². The second kappa shape index (κ2) is 9.38. The van der Waals surface area contributed by atoms with Crippen LogP contribution in [0, 0.1) is 0 Å². The zero-order valence-corrected chi connectivity index (χ0v) is 21.6. The van der Waals surface area contributed by atoms with Gasteiger partial charge in [0.25, 0.3) is 11.8 Å². The first kappa shape index (κ1) is 24.9. The monoisotopic (exact) mass is 521 g/mol. The summed E-state index contributed by atoms with van der Waals surface area (Å²) < 4.78 is 20.8. The van der Waals surface area contributed by atoms with Crippen molar-refractivity contribution in [2.45, 2.75) is 57.0 Å². The SMILES string of the molecule is CN(CCCCN1C(=O)c2ccccc2C1=O)C[C@H]1O[C@@H](n2cnc3c(N)ncnc32)[C@@H]2OC(C)(C)O[C@@H]21. The number of benzene rings is 1. The van der Waals surface area contributed by atoms with Crippen LogP contribution >= 0.6 is 0 Å². The maximum Gasteiger partial charge on any atom is 0.261 e. The minimum absolute atomic E-state index is 0.213. The number of rotatable bonds is 8. The summed E-state index contributed by atoms with van der Waals surface area (Å²) in [6.07, 6.45) is 3.25. The fourth-order valence-corrected chi connectivity index (χ4v) is 5.58. The molecule has 0 bridgehead atoms. The van der Waals surface area contributed by atoms with Gasteiger partial charge in [-0.3, -0.25) is 19.1 Å². The number of nitrogen functional groups attached to an aromatic ring is 1. The van der Waals surface area contributed by atoms with Gasteiger partial charge in [0, 0.05) is 13.1 Å². The number of aromatic nitrogens is 4. The Hall–Kier alpha value is -3.45. The molecular formula is C26H31N7O5. The van der Waals surface area contributed by atoms with E-state index in [1.807, 2.05) is 25.5 Å². The van der Waals surface area contributed by atoms with Crippen LogP contribution in [0.3, 0.4) is 0 Å². The Morgan fingerprint density at radius 2 is 1.74 bits per heavy atom. The van der Waals surface area contributed by atoms with E-state index in [0.717, 1.165) is 13.0 Å². The van der Waals surface area contributed by atoms with Crippen molar-refractivity contribution in [3.63, 3.8) is 0 Å². The normalized spacial score (nSPS) is 26.1. The number of nitrogens with zero attached hydrogens (tertiary/aromatic N) is 6. The molecule has 6 rings (SSSR count). The van der Waals surface area contributed by atoms with Gasteiger partial charge in [-0.05, 0) is 52.4 Å². The Morgan fingerprint density at radius 1 is 1.03 bits per heavy atom. The smallest absolute Gasteiger partial charge is 0.261 e. The number of anilines is 1. The average molecular weight is 522 g/mol. The van der Waals surface area contributed by atoms with Gasteiger partial charge in [-0.25, -0.2) is 15.0 Å². The number of ether oxygens (including phenoxy) is 3. The molecule has 12 nitrogen and oxygen atoms in total. The first-order chi connectivity index (χ1) is 18.2. The summed E-state index contributed by atoms with van der Waals surface area (Å²) in [4.78, 5) is 41.4. The molecule has 2 saturated heterocycles. The molecule has 2 amide bonds. The first-order valence-corrected chi connectivity index (χ1v) is 12.8. The van der Waals surface area contributed by atoms with Gasteiger partial charge in [0.2, 0.25) is 0 Å². The summed E-state index contributed by atoms with van der Waals surface area (Å²) in [5.41, 5.74) is 8.04. The molecule has 200 valence electrons. The van der Waals surface area contributed by atoms with Gasteiger partial charge < -0.3 is 24.8 Å². The maximum absolute atomic E-state index is 12.6. The predicted molar refractivity (Wildman–Crippen MR) is 136 cm³/mol. The number of hydrogen-bond donors (Lipinski definition) is 1. The molecule has 3 aliphatic heterocycles. The standard InChI is InChI=1S/C26H31N7O5/c1-26(2)37-19-17(36-25(20(19)38-26)33-14-30-18-21(27)28-13-29-22(18)33)12-31(3)10-6-7-11-32-23(34)15-8-4-5-9-16(15)24(32)35/h4-5,8-9,13-14,17,19-20,25H,6-7,10-12H2,1-3H3,(H2,27,28,29)/t17-,19-,20-,25-/m1/s1. The Kier molecular flexibility index (Phi) is 6.14. The van der Waals surface area contributed by atoms with Gasteiger partial charge in [0.15, 0.2) is 23.5 Å². The van der Waals surface area contributed by atoms with E-state index in [9.17, 15) is 9.59 Å². The Bertz CT molecular complexity index is 1360. The lowest BCUT2D eigenvalue weighted by Gasteiger charge is -2.27. The number of carbonyl (C=O) groups excluding carboxylic acids is 2. The zero-order valence-electron chi connectivity index (χ0n) is 21.6. The van der Waals surface area contributed by atoms with Crippen LogP contribution in [-0.4, -0.2) is 91.9 Å². The van der Waals surface area contributed by atoms with E-state index in [2.05, 4.69) is 19.9 Å². The van der Waals surface area contributed by atoms with Gasteiger partial charge in [-0.2, -0.15) is 0 Å². The van der Waals surface area contributed by atoms with Gasteiger partial charge >= 0.3 is 0 Å². The van der Waals surface area contributed by atoms with E-state index in [1.165, 1.54) is 11.2 Å². The van der Waals surface area contributed by atoms with Gasteiger partial charge in [0.1, 0.15) is 30.2 Å². The van der Waals surface area contributed by atoms with Crippen LogP contribution in [0.25, 0.3) is 11.2 Å². The van der Waals surface area contributed by atoms with E-state index in [0.29, 0.717) is 47.6 Å². The molecule has 12 heteroatoms. The number of unbranched alkanes of at least 4 members (excludes halogenated alkanes) is 1. The molecule has 1 aromatic carbocycles. The van der Waals surface area contributed by atoms with E-state index in [4.69, 9.17) is 19.9 Å². The van der Waals surface area contributed by atoms with Gasteiger partial charge in [0.05, 0.1) is 17.5 Å². The van der Waals surface area contributed by atoms with Gasteiger partial charge in [-0.1, -0.05) is 12.1 Å². The molecule has 0 unspecified atom stereocenters. The molecule has 0 aliphatic carbocycles. The molecule has 3 aliphatic rings. The number of fused-ring (bicyclic) bond motifs is 3. The van der Waals surface area contributed by atoms with Crippen LogP contribution in [0.2, 0.25) is 0 Å². The third-order valence-electron chi connectivity index (χ3n) is 7.33. The molecule has 0 radical (unpaired) electrons. The molecule has 3 aromatic rings. The van der Waals surface area contributed by atoms with E-state index >= 15 is 0 Å². The quantitative estimate of drug-likeness (QED) is 0.345. The highest BCUT2D eigenvalue weighted by molar-refractivity contribution is 6.21. The maximum atomic E-state index is 12.6. The minimum atomic E-state index is -0.745. The fraction of sp³-hybridized carbons (Fsp3) is 0.500. The van der Waals surface area contributed by atoms with Crippen molar-refractivity contribution in [1.82, 2.24) is 29.3 Å². The van der Waals surface area contributed by atoms with Crippen molar-refractivity contribution in [3.05, 3.63) is 48.0 Å². The molecule has 4 atom stereocenters. The van der Waals surface area contributed by atoms with Crippen LogP contribution in [0.4, 0.5) is 5.82 Å². The second-order valence-electron chi connectivity index (χ2n) is 10.5. The summed E-state index contributed by atoms with van der Waals surface area (Å²) in [5, 5.41) is 0. The summed E-state index contributed by atoms with van der Waals surface area (Å²) in [6.45, 7) is 5.58. The first-order valence-electron chi connectivity index (χ1n) is 12.8. The number of carbonyl (C=O) groups is 2. The Morgan fingerprint density at radius 3 is 2.47 bits per heavy atom. The van der Waals surface area contributed by atoms with Crippen LogP contribution in [0.15, 0.2) is 36.9 Å². The summed E-state index contributed by atoms with van der Waals surface area (Å²) in [7, 11) is 2.02. The predicted octanol–water partition coefficient (Wildman–Crippen LogP) is 1.83. The lowest BCUT2D eigenvalue weighted by atomic mass is 10.1. The van der Waals surface area contributed by atoms with Crippen molar-refractivity contribution in [2.24, 2.45) is 0 Å². The minimum Gasteiger partial charge on any atom is -0.382 e. The zero-order chi connectivity index (χ0) is 26.6. The number of likely N-dealkylation sites (N-methyl/N-ethyl adjacent to an activating group) is 1. The van der Waals surface area contributed by atoms with Crippen LogP contribution in [-0.2, 0) is 14.2 Å². The molecule has 5 heterocycles. The van der Waals surface area contributed by atoms with E-state index in [-0.39, 0.29) is 30.1 Å². The summed E-state index contributed by atoms with van der Waals surface area (Å²) in [6, 6.07) is 6.97. The number of hydrogen-bond acceptors (Lipinski definition) is 10. The van der Waals surface area contributed by atoms with Crippen molar-refractivity contribution in [1.29, 1.82) is 0 Å². The Balaban J connectivity index is 1.07. The second-order valence-corrected chi connectivity index (χ2v) is 10.5. The highest BCUT2D eigenvalue weighted by Crippen LogP contribution is 2.44. The summed E-state index contributed by atoms with van der Waals surface area (Å²) >= 11 is 0. The third-order valence-corrected chi connectivity index (χ3v) is 7.33. The molecule has 0 saturated carbocycles. The van der Waals surface area contributed by atoms with E-state index in [1.54, 1.807) is 30.6 Å². The van der Waals surface area contributed by atoms with Crippen LogP contribution in [0.1, 0.15) is 53.6 Å². The number of imide groups is 1. The highest BCUT2D eigenvalue weighted by atomic mass is 16.8. The number of amides is 2. The van der Waals surface area contributed by atoms with Crippen molar-refractivity contribution < 1.29 is 23.8 Å². The topological polar surface area (TPSA) is 138 Å². The highest BCUT2D eigenvalue weighted by Gasteiger charge is 2.56. The summed E-state index contributed by atoms with van der Waals surface area (Å²) in [5.74, 6) is -0.860. The molecule has 2 N–H and O–H groups in total. The lowest BCUT2D eigenvalue weighted by Crippen LogP contribution is -2.39. The van der Waals surface area contributed by atoms with Crippen LogP contribution < -0.4 is 5.73 Å². The van der Waals surface area contributed by atoms with Crippen molar-refractivity contribution in [2.75, 3.05) is 32.4 Å².